The van der Waals surface area contributed by atoms with E-state index in [1.807, 2.05) is 6.92 Å². The van der Waals surface area contributed by atoms with Crippen molar-refractivity contribution in [3.8, 4) is 0 Å². The van der Waals surface area contributed by atoms with Gasteiger partial charge in [0.1, 0.15) is 0 Å². The summed E-state index contributed by atoms with van der Waals surface area (Å²) >= 11 is 0. The van der Waals surface area contributed by atoms with Crippen LogP contribution in [0.5, 0.6) is 0 Å². The van der Waals surface area contributed by atoms with Gasteiger partial charge in [-0.15, -0.1) is 0 Å². The van der Waals surface area contributed by atoms with Gasteiger partial charge in [-0.3, -0.25) is 13.9 Å². The van der Waals surface area contributed by atoms with Gasteiger partial charge < -0.3 is 10.7 Å². The van der Waals surface area contributed by atoms with Crippen LogP contribution < -0.4 is 5.84 Å². The number of nitrogens with two attached hydrogens (primary N) is 1. The number of rotatable bonds is 6. The fourth-order valence-electron chi connectivity index (χ4n) is 1.90. The van der Waals surface area contributed by atoms with Gasteiger partial charge in [0.15, 0.2) is 0 Å². The van der Waals surface area contributed by atoms with Gasteiger partial charge in [-0.1, -0.05) is 24.3 Å². The summed E-state index contributed by atoms with van der Waals surface area (Å²) in [4.78, 5) is 13.6. The summed E-state index contributed by atoms with van der Waals surface area (Å²) < 4.78 is 22.6. The third-order valence-corrected chi connectivity index (χ3v) is 4.36. The largest absolute Gasteiger partial charge is 0.349 e. The zero-order chi connectivity index (χ0) is 16.0. The lowest BCUT2D eigenvalue weighted by Crippen LogP contribution is -2.28. The fraction of sp³-hybridized carbons (Fsp3) is 0.462. The quantitative estimate of drug-likeness (QED) is 0.426. The Hall–Kier alpha value is -1.64. The lowest BCUT2D eigenvalue weighted by molar-refractivity contribution is -0.132. The standard InChI is InChI=1S/C13H22N4O3S/c1-10(13(18)17(2)3)4-5-11-6-8-12(9-7-11)21(19,20)16-15-14/h6-10,19-20H,4-5H2,1-3H3,(H2,14,16). The van der Waals surface area contributed by atoms with E-state index in [1.54, 1.807) is 43.3 Å². The van der Waals surface area contributed by atoms with Crippen LogP contribution in [-0.4, -0.2) is 34.0 Å². The number of hydrogen-bond donors (Lipinski definition) is 3. The third-order valence-electron chi connectivity index (χ3n) is 3.13. The van der Waals surface area contributed by atoms with Gasteiger partial charge in [0.2, 0.25) is 5.91 Å². The summed E-state index contributed by atoms with van der Waals surface area (Å²) in [5, 5.41) is 2.92. The second-order valence-electron chi connectivity index (χ2n) is 5.03. The number of carbonyl (C=O) groups excluding carboxylic acids is 1. The molecule has 0 bridgehead atoms. The Kier molecular flexibility index (Phi) is 6.13. The van der Waals surface area contributed by atoms with Gasteiger partial charge in [0.25, 0.3) is 0 Å². The second-order valence-corrected chi connectivity index (χ2v) is 6.70. The Morgan fingerprint density at radius 3 is 2.38 bits per heavy atom. The SMILES string of the molecule is CC(CCc1ccc(S(O)(O)N=NN)cc1)C(=O)N(C)C. The van der Waals surface area contributed by atoms with Gasteiger partial charge in [-0.25, -0.2) is 0 Å². The maximum absolute atomic E-state index is 11.8. The van der Waals surface area contributed by atoms with Crippen molar-refractivity contribution >= 4 is 16.7 Å². The average molecular weight is 314 g/mol. The maximum Gasteiger partial charge on any atom is 0.224 e. The highest BCUT2D eigenvalue weighted by molar-refractivity contribution is 8.23. The predicted molar refractivity (Wildman–Crippen MR) is 82.8 cm³/mol. The Bertz CT molecular complexity index is 503. The van der Waals surface area contributed by atoms with E-state index in [-0.39, 0.29) is 16.7 Å². The van der Waals surface area contributed by atoms with Crippen molar-refractivity contribution in [2.45, 2.75) is 24.7 Å². The lowest BCUT2D eigenvalue weighted by Gasteiger charge is -2.24. The molecule has 1 amide bonds. The van der Waals surface area contributed by atoms with Crippen LogP contribution in [0.1, 0.15) is 18.9 Å². The van der Waals surface area contributed by atoms with Crippen LogP contribution in [0.2, 0.25) is 0 Å². The Labute approximate surface area is 126 Å². The van der Waals surface area contributed by atoms with Gasteiger partial charge >= 0.3 is 0 Å². The maximum atomic E-state index is 11.8. The van der Waals surface area contributed by atoms with Crippen LogP contribution in [0.3, 0.4) is 0 Å². The van der Waals surface area contributed by atoms with Gasteiger partial charge in [-0.05, 0) is 45.8 Å². The van der Waals surface area contributed by atoms with Crippen molar-refractivity contribution in [2.24, 2.45) is 21.5 Å². The molecule has 1 atom stereocenters. The highest BCUT2D eigenvalue weighted by Gasteiger charge is 2.16. The molecule has 7 nitrogen and oxygen atoms in total. The molecule has 1 rings (SSSR count). The molecule has 1 aromatic carbocycles. The molecular formula is C13H22N4O3S. The number of aryl methyl sites for hydroxylation is 1. The van der Waals surface area contributed by atoms with E-state index in [1.165, 1.54) is 0 Å². The summed E-state index contributed by atoms with van der Waals surface area (Å²) in [6.07, 6.45) is 1.47. The highest BCUT2D eigenvalue weighted by Crippen LogP contribution is 2.49. The average Bonchev–Trinajstić information content (AvgIpc) is 2.44. The minimum Gasteiger partial charge on any atom is -0.349 e. The minimum atomic E-state index is -3.31. The fourth-order valence-corrected chi connectivity index (χ4v) is 2.63. The van der Waals surface area contributed by atoms with Crippen LogP contribution in [0, 0.1) is 5.92 Å². The molecule has 8 heteroatoms. The van der Waals surface area contributed by atoms with Gasteiger partial charge in [0.05, 0.1) is 4.90 Å². The van der Waals surface area contributed by atoms with E-state index in [2.05, 4.69) is 9.74 Å². The van der Waals surface area contributed by atoms with E-state index in [0.717, 1.165) is 18.4 Å². The van der Waals surface area contributed by atoms with Crippen molar-refractivity contribution in [1.82, 2.24) is 4.90 Å². The monoisotopic (exact) mass is 314 g/mol. The molecule has 1 aromatic rings. The molecule has 0 saturated heterocycles. The summed E-state index contributed by atoms with van der Waals surface area (Å²) in [7, 11) is 0.171. The van der Waals surface area contributed by atoms with Crippen LogP contribution in [0.15, 0.2) is 38.9 Å². The molecule has 21 heavy (non-hydrogen) atoms. The molecule has 4 N–H and O–H groups in total. The molecule has 0 spiro atoms. The summed E-state index contributed by atoms with van der Waals surface area (Å²) in [6, 6.07) is 6.72. The Morgan fingerprint density at radius 1 is 1.33 bits per heavy atom. The number of amides is 1. The van der Waals surface area contributed by atoms with Gasteiger partial charge in [0, 0.05) is 20.0 Å². The molecule has 0 aliphatic rings. The second kappa shape index (κ2) is 7.39. The molecule has 118 valence electrons. The molecule has 0 saturated carbocycles. The molecule has 0 heterocycles. The Balaban J connectivity index is 2.66. The molecule has 1 unspecified atom stereocenters. The van der Waals surface area contributed by atoms with Crippen LogP contribution >= 0.6 is 10.8 Å². The predicted octanol–water partition coefficient (Wildman–Crippen LogP) is 2.69. The zero-order valence-electron chi connectivity index (χ0n) is 12.4. The van der Waals surface area contributed by atoms with E-state index < -0.39 is 10.8 Å². The zero-order valence-corrected chi connectivity index (χ0v) is 13.2. The van der Waals surface area contributed by atoms with Crippen molar-refractivity contribution in [1.29, 1.82) is 0 Å². The van der Waals surface area contributed by atoms with Crippen molar-refractivity contribution < 1.29 is 13.9 Å². The summed E-state index contributed by atoms with van der Waals surface area (Å²) in [6.45, 7) is 1.90. The number of nitrogens with zero attached hydrogens (tertiary/aromatic N) is 3. The van der Waals surface area contributed by atoms with Crippen molar-refractivity contribution in [3.63, 3.8) is 0 Å². The first-order valence-corrected chi connectivity index (χ1v) is 7.99. The number of carbonyl (C=O) groups is 1. The van der Waals surface area contributed by atoms with Crippen LogP contribution in [-0.2, 0) is 11.2 Å². The topological polar surface area (TPSA) is 112 Å². The normalized spacial score (nSPS) is 14.1. The smallest absolute Gasteiger partial charge is 0.224 e. The number of hydrogen-bond acceptors (Lipinski definition) is 5. The first kappa shape index (κ1) is 17.4. The van der Waals surface area contributed by atoms with E-state index in [9.17, 15) is 13.9 Å². The molecular weight excluding hydrogens is 292 g/mol. The van der Waals surface area contributed by atoms with E-state index >= 15 is 0 Å². The molecule has 0 fully saturated rings. The van der Waals surface area contributed by atoms with E-state index in [4.69, 9.17) is 5.84 Å². The van der Waals surface area contributed by atoms with Crippen LogP contribution in [0.25, 0.3) is 0 Å². The third kappa shape index (κ3) is 5.00. The minimum absolute atomic E-state index is 0.0499. The van der Waals surface area contributed by atoms with E-state index in [0.29, 0.717) is 0 Å². The van der Waals surface area contributed by atoms with Crippen molar-refractivity contribution in [2.75, 3.05) is 14.1 Å². The first-order chi connectivity index (χ1) is 9.77. The number of benzene rings is 1. The molecule has 0 aliphatic heterocycles. The van der Waals surface area contributed by atoms with Crippen LogP contribution in [0.4, 0.5) is 0 Å². The molecule has 0 aliphatic carbocycles. The molecule has 0 aromatic heterocycles. The first-order valence-electron chi connectivity index (χ1n) is 6.48. The van der Waals surface area contributed by atoms with Crippen molar-refractivity contribution in [3.05, 3.63) is 29.8 Å². The van der Waals surface area contributed by atoms with Gasteiger partial charge in [-0.2, -0.15) is 0 Å². The Morgan fingerprint density at radius 2 is 1.90 bits per heavy atom. The summed E-state index contributed by atoms with van der Waals surface area (Å²) in [5.41, 5.74) is 1.01. The highest BCUT2D eigenvalue weighted by atomic mass is 32.3. The molecule has 0 radical (unpaired) electrons. The summed E-state index contributed by atoms with van der Waals surface area (Å²) in [5.74, 6) is 4.89. The lowest BCUT2D eigenvalue weighted by atomic mass is 10.0.